The van der Waals surface area contributed by atoms with Gasteiger partial charge in [0, 0.05) is 0 Å². The summed E-state index contributed by atoms with van der Waals surface area (Å²) in [5.41, 5.74) is 3.37. The minimum absolute atomic E-state index is 0.00778. The van der Waals surface area contributed by atoms with Crippen molar-refractivity contribution in [2.75, 3.05) is 26.9 Å². The molecule has 1 N–H and O–H groups in total. The molecule has 0 saturated heterocycles. The van der Waals surface area contributed by atoms with Gasteiger partial charge in [-0.2, -0.15) is 0 Å². The van der Waals surface area contributed by atoms with Crippen LogP contribution in [-0.4, -0.2) is 32.0 Å². The van der Waals surface area contributed by atoms with E-state index < -0.39 is 0 Å². The van der Waals surface area contributed by atoms with Crippen LogP contribution in [0.2, 0.25) is 0 Å². The molecule has 0 aliphatic carbocycles. The molecule has 2 rings (SSSR count). The van der Waals surface area contributed by atoms with Crippen molar-refractivity contribution in [2.45, 2.75) is 6.10 Å². The van der Waals surface area contributed by atoms with Gasteiger partial charge in [0.05, 0.1) is 0 Å². The fourth-order valence-corrected chi connectivity index (χ4v) is 3.44. The summed E-state index contributed by atoms with van der Waals surface area (Å²) in [5.74, 6) is 0. The van der Waals surface area contributed by atoms with Crippen molar-refractivity contribution in [3.8, 4) is 11.1 Å². The standard InChI is InChI=1S/C17H19ClIO3/c1-21-12-17(22-11-10-20)15-4-2-13(3-5-15)14-6-8-16(19-18)9-7-14/h2-9,17,20H,10-12H2,1H3/q-1. The van der Waals surface area contributed by atoms with Crippen LogP contribution in [0.3, 0.4) is 0 Å². The van der Waals surface area contributed by atoms with Gasteiger partial charge in [-0.3, -0.25) is 0 Å². The van der Waals surface area contributed by atoms with E-state index in [1.807, 2.05) is 12.1 Å². The molecular weight excluding hydrogens is 415 g/mol. The van der Waals surface area contributed by atoms with Crippen LogP contribution in [0.25, 0.3) is 11.1 Å². The van der Waals surface area contributed by atoms with Crippen molar-refractivity contribution in [1.82, 2.24) is 0 Å². The molecule has 1 atom stereocenters. The molecule has 0 bridgehead atoms. The molecule has 0 amide bonds. The molecule has 0 spiro atoms. The average molecular weight is 434 g/mol. The monoisotopic (exact) mass is 433 g/mol. The van der Waals surface area contributed by atoms with Crippen LogP contribution in [0.4, 0.5) is 0 Å². The van der Waals surface area contributed by atoms with Crippen LogP contribution >= 0.6 is 8.91 Å². The second-order valence-electron chi connectivity index (χ2n) is 4.74. The zero-order valence-corrected chi connectivity index (χ0v) is 15.3. The van der Waals surface area contributed by atoms with Gasteiger partial charge >= 0.3 is 140 Å². The van der Waals surface area contributed by atoms with Gasteiger partial charge < -0.3 is 5.11 Å². The van der Waals surface area contributed by atoms with Crippen LogP contribution in [0.5, 0.6) is 0 Å². The number of hydrogen-bond donors (Lipinski definition) is 1. The molecule has 2 aromatic carbocycles. The maximum atomic E-state index is 8.89. The summed E-state index contributed by atoms with van der Waals surface area (Å²) in [6, 6.07) is 16.6. The van der Waals surface area contributed by atoms with Crippen LogP contribution in [0.1, 0.15) is 11.7 Å². The van der Waals surface area contributed by atoms with Crippen molar-refractivity contribution in [3.63, 3.8) is 0 Å². The molecule has 5 heteroatoms. The Hall–Kier alpha value is -0.660. The Morgan fingerprint density at radius 2 is 1.64 bits per heavy atom. The van der Waals surface area contributed by atoms with Crippen molar-refractivity contribution in [3.05, 3.63) is 57.7 Å². The van der Waals surface area contributed by atoms with Crippen molar-refractivity contribution in [1.29, 1.82) is 0 Å². The third kappa shape index (κ3) is 4.93. The molecule has 0 radical (unpaired) electrons. The molecule has 3 nitrogen and oxygen atoms in total. The van der Waals surface area contributed by atoms with Gasteiger partial charge in [0.1, 0.15) is 0 Å². The topological polar surface area (TPSA) is 38.7 Å². The number of hydrogen-bond acceptors (Lipinski definition) is 3. The maximum absolute atomic E-state index is 8.89. The average Bonchev–Trinajstić information content (AvgIpc) is 2.59. The van der Waals surface area contributed by atoms with Gasteiger partial charge in [-0.15, -0.1) is 0 Å². The van der Waals surface area contributed by atoms with E-state index in [2.05, 4.69) is 36.4 Å². The molecular formula is C17H19ClIO3-. The number of ether oxygens (including phenoxy) is 2. The van der Waals surface area contributed by atoms with Crippen LogP contribution < -0.4 is 20.1 Å². The van der Waals surface area contributed by atoms with Crippen molar-refractivity contribution < 1.29 is 34.7 Å². The Bertz CT molecular complexity index is 557. The zero-order valence-electron chi connectivity index (χ0n) is 12.3. The summed E-state index contributed by atoms with van der Waals surface area (Å²) in [6.45, 7) is 0.778. The van der Waals surface area contributed by atoms with E-state index in [1.165, 1.54) is 9.13 Å². The number of benzene rings is 2. The SMILES string of the molecule is COCC(OCCO)c1ccc(-c2ccc([I-]Cl)cc2)cc1. The van der Waals surface area contributed by atoms with Crippen molar-refractivity contribution in [2.24, 2.45) is 0 Å². The number of methoxy groups -OCH3 is 1. The third-order valence-corrected chi connectivity index (χ3v) is 5.57. The Morgan fingerprint density at radius 3 is 2.14 bits per heavy atom. The second-order valence-corrected chi connectivity index (χ2v) is 7.35. The molecule has 0 aliphatic rings. The first-order valence-corrected chi connectivity index (χ1v) is 10.8. The first-order chi connectivity index (χ1) is 10.8. The minimum atomic E-state index is -0.377. The van der Waals surface area contributed by atoms with Gasteiger partial charge in [0.25, 0.3) is 0 Å². The first kappa shape index (κ1) is 17.7. The summed E-state index contributed by atoms with van der Waals surface area (Å²) in [6.07, 6.45) is -0.158. The summed E-state index contributed by atoms with van der Waals surface area (Å²) < 4.78 is 12.0. The number of rotatable bonds is 8. The van der Waals surface area contributed by atoms with E-state index in [0.717, 1.165) is 11.1 Å². The Morgan fingerprint density at radius 1 is 1.05 bits per heavy atom. The summed E-state index contributed by atoms with van der Waals surface area (Å²) in [4.78, 5) is 0. The third-order valence-electron chi connectivity index (χ3n) is 3.27. The van der Waals surface area contributed by atoms with E-state index in [1.54, 1.807) is 7.11 Å². The Labute approximate surface area is 145 Å². The van der Waals surface area contributed by atoms with E-state index in [0.29, 0.717) is 13.2 Å². The second kappa shape index (κ2) is 9.47. The van der Waals surface area contributed by atoms with Crippen LogP contribution in [-0.2, 0) is 9.47 Å². The predicted molar refractivity (Wildman–Crippen MR) is 84.1 cm³/mol. The summed E-state index contributed by atoms with van der Waals surface area (Å²) >= 11 is -0.377. The Kier molecular flexibility index (Phi) is 7.62. The first-order valence-electron chi connectivity index (χ1n) is 6.96. The fraction of sp³-hybridized carbons (Fsp3) is 0.294. The number of aliphatic hydroxyl groups is 1. The Balaban J connectivity index is 2.13. The number of aliphatic hydroxyl groups excluding tert-OH is 1. The summed E-state index contributed by atoms with van der Waals surface area (Å²) in [5, 5.41) is 8.89. The summed E-state index contributed by atoms with van der Waals surface area (Å²) in [7, 11) is 7.56. The van der Waals surface area contributed by atoms with Gasteiger partial charge in [0.2, 0.25) is 0 Å². The predicted octanol–water partition coefficient (Wildman–Crippen LogP) is 0.462. The van der Waals surface area contributed by atoms with E-state index in [9.17, 15) is 0 Å². The number of halogens is 2. The molecule has 22 heavy (non-hydrogen) atoms. The van der Waals surface area contributed by atoms with E-state index in [4.69, 9.17) is 23.5 Å². The van der Waals surface area contributed by atoms with E-state index >= 15 is 0 Å². The molecule has 0 fully saturated rings. The molecule has 1 unspecified atom stereocenters. The van der Waals surface area contributed by atoms with Gasteiger partial charge in [-0.05, 0) is 0 Å². The molecule has 0 heterocycles. The molecule has 0 aliphatic heterocycles. The molecule has 2 aromatic rings. The fourth-order valence-electron chi connectivity index (χ4n) is 2.17. The molecule has 0 aromatic heterocycles. The van der Waals surface area contributed by atoms with Gasteiger partial charge in [-0.25, -0.2) is 0 Å². The quantitative estimate of drug-likeness (QED) is 0.615. The normalized spacial score (nSPS) is 12.5. The molecule has 0 saturated carbocycles. The van der Waals surface area contributed by atoms with Crippen LogP contribution in [0.15, 0.2) is 48.5 Å². The van der Waals surface area contributed by atoms with E-state index in [-0.39, 0.29) is 32.8 Å². The van der Waals surface area contributed by atoms with Crippen LogP contribution in [0, 0.1) is 3.57 Å². The zero-order chi connectivity index (χ0) is 15.8. The molecule has 120 valence electrons. The van der Waals surface area contributed by atoms with Gasteiger partial charge in [0.15, 0.2) is 0 Å². The van der Waals surface area contributed by atoms with Gasteiger partial charge in [-0.1, -0.05) is 0 Å². The van der Waals surface area contributed by atoms with Crippen molar-refractivity contribution >= 4 is 8.91 Å².